The monoisotopic (exact) mass is 260 g/mol. The molecular formula is C13H13FN4O. The summed E-state index contributed by atoms with van der Waals surface area (Å²) in [7, 11) is 0. The van der Waals surface area contributed by atoms with Gasteiger partial charge in [0.1, 0.15) is 11.6 Å². The van der Waals surface area contributed by atoms with Crippen LogP contribution < -0.4 is 16.8 Å². The molecule has 1 aromatic carbocycles. The molecule has 2 aromatic rings. The number of anilines is 3. The largest absolute Gasteiger partial charge is 0.397 e. The van der Waals surface area contributed by atoms with Crippen molar-refractivity contribution in [2.45, 2.75) is 6.92 Å². The zero-order valence-corrected chi connectivity index (χ0v) is 10.3. The number of nitrogen functional groups attached to an aromatic ring is 1. The molecule has 5 N–H and O–H groups in total. The van der Waals surface area contributed by atoms with E-state index in [9.17, 15) is 9.18 Å². The maximum absolute atomic E-state index is 13.4. The van der Waals surface area contributed by atoms with E-state index in [1.165, 1.54) is 18.3 Å². The molecule has 0 radical (unpaired) electrons. The van der Waals surface area contributed by atoms with E-state index in [0.29, 0.717) is 17.1 Å². The molecule has 1 heterocycles. The number of rotatable bonds is 3. The van der Waals surface area contributed by atoms with Crippen molar-refractivity contribution in [3.8, 4) is 0 Å². The van der Waals surface area contributed by atoms with Gasteiger partial charge >= 0.3 is 0 Å². The second kappa shape index (κ2) is 4.93. The minimum absolute atomic E-state index is 0.173. The Labute approximate surface area is 109 Å². The van der Waals surface area contributed by atoms with Crippen LogP contribution in [0.3, 0.4) is 0 Å². The van der Waals surface area contributed by atoms with Crippen molar-refractivity contribution in [1.29, 1.82) is 0 Å². The third-order valence-corrected chi connectivity index (χ3v) is 2.73. The Balaban J connectivity index is 2.36. The number of nitrogens with zero attached hydrogens (tertiary/aromatic N) is 1. The number of pyridine rings is 1. The molecule has 0 aliphatic rings. The van der Waals surface area contributed by atoms with Crippen LogP contribution in [0, 0.1) is 12.7 Å². The van der Waals surface area contributed by atoms with Gasteiger partial charge in [0.25, 0.3) is 5.91 Å². The van der Waals surface area contributed by atoms with Crippen LogP contribution in [0.5, 0.6) is 0 Å². The van der Waals surface area contributed by atoms with Gasteiger partial charge in [-0.25, -0.2) is 9.37 Å². The number of amides is 1. The molecule has 0 spiro atoms. The molecule has 0 bridgehead atoms. The van der Waals surface area contributed by atoms with E-state index in [-0.39, 0.29) is 17.1 Å². The van der Waals surface area contributed by atoms with E-state index in [4.69, 9.17) is 11.5 Å². The molecule has 0 saturated carbocycles. The average molecular weight is 260 g/mol. The summed E-state index contributed by atoms with van der Waals surface area (Å²) in [6, 6.07) is 6.09. The molecule has 1 aromatic heterocycles. The van der Waals surface area contributed by atoms with Gasteiger partial charge in [0.15, 0.2) is 0 Å². The molecule has 6 heteroatoms. The lowest BCUT2D eigenvalue weighted by Crippen LogP contribution is -2.14. The van der Waals surface area contributed by atoms with Crippen LogP contribution in [0.25, 0.3) is 0 Å². The third-order valence-electron chi connectivity index (χ3n) is 2.73. The Kier molecular flexibility index (Phi) is 3.33. The van der Waals surface area contributed by atoms with Crippen LogP contribution >= 0.6 is 0 Å². The molecule has 0 atom stereocenters. The van der Waals surface area contributed by atoms with Crippen molar-refractivity contribution in [1.82, 2.24) is 4.98 Å². The van der Waals surface area contributed by atoms with Crippen LogP contribution in [0.15, 0.2) is 30.5 Å². The molecule has 0 unspecified atom stereocenters. The molecular weight excluding hydrogens is 247 g/mol. The smallest absolute Gasteiger partial charge is 0.250 e. The normalized spacial score (nSPS) is 10.2. The molecule has 0 aliphatic carbocycles. The van der Waals surface area contributed by atoms with Gasteiger partial charge in [-0.15, -0.1) is 0 Å². The molecule has 19 heavy (non-hydrogen) atoms. The van der Waals surface area contributed by atoms with E-state index in [1.54, 1.807) is 19.1 Å². The van der Waals surface area contributed by atoms with E-state index in [0.717, 1.165) is 0 Å². The predicted molar refractivity (Wildman–Crippen MR) is 71.6 cm³/mol. The number of benzene rings is 1. The van der Waals surface area contributed by atoms with Crippen molar-refractivity contribution in [3.63, 3.8) is 0 Å². The number of primary amides is 1. The highest BCUT2D eigenvalue weighted by Crippen LogP contribution is 2.23. The second-order valence-electron chi connectivity index (χ2n) is 4.06. The fourth-order valence-electron chi connectivity index (χ4n) is 1.63. The number of hydrogen-bond donors (Lipinski definition) is 3. The van der Waals surface area contributed by atoms with E-state index < -0.39 is 5.91 Å². The third kappa shape index (κ3) is 2.62. The summed E-state index contributed by atoms with van der Waals surface area (Å²) in [5.74, 6) is -0.591. The summed E-state index contributed by atoms with van der Waals surface area (Å²) < 4.78 is 13.4. The molecule has 2 rings (SSSR count). The number of hydrogen-bond acceptors (Lipinski definition) is 4. The van der Waals surface area contributed by atoms with Gasteiger partial charge in [-0.1, -0.05) is 6.07 Å². The van der Waals surface area contributed by atoms with Gasteiger partial charge in [0.2, 0.25) is 0 Å². The van der Waals surface area contributed by atoms with Gasteiger partial charge in [0.05, 0.1) is 17.4 Å². The lowest BCUT2D eigenvalue weighted by Gasteiger charge is -2.10. The van der Waals surface area contributed by atoms with Crippen LogP contribution in [0.4, 0.5) is 21.6 Å². The summed E-state index contributed by atoms with van der Waals surface area (Å²) in [5, 5.41) is 2.92. The van der Waals surface area contributed by atoms with Crippen molar-refractivity contribution >= 4 is 23.1 Å². The molecule has 0 aliphatic heterocycles. The Morgan fingerprint density at radius 2 is 2.16 bits per heavy atom. The molecule has 98 valence electrons. The van der Waals surface area contributed by atoms with Gasteiger partial charge in [0, 0.05) is 11.3 Å². The maximum atomic E-state index is 13.4. The van der Waals surface area contributed by atoms with Gasteiger partial charge < -0.3 is 16.8 Å². The number of aromatic nitrogens is 1. The Morgan fingerprint density at radius 1 is 1.42 bits per heavy atom. The fourth-order valence-corrected chi connectivity index (χ4v) is 1.63. The van der Waals surface area contributed by atoms with Gasteiger partial charge in [-0.3, -0.25) is 4.79 Å². The summed E-state index contributed by atoms with van der Waals surface area (Å²) in [6.07, 6.45) is 1.33. The Morgan fingerprint density at radius 3 is 2.84 bits per heavy atom. The highest BCUT2D eigenvalue weighted by molar-refractivity contribution is 5.98. The summed E-state index contributed by atoms with van der Waals surface area (Å²) in [5.41, 5.74) is 12.2. The fraction of sp³-hybridized carbons (Fsp3) is 0.0769. The van der Waals surface area contributed by atoms with E-state index in [1.807, 2.05) is 0 Å². The van der Waals surface area contributed by atoms with Crippen molar-refractivity contribution in [2.24, 2.45) is 5.73 Å². The first-order chi connectivity index (χ1) is 8.99. The first-order valence-electron chi connectivity index (χ1n) is 5.56. The minimum atomic E-state index is -0.640. The SMILES string of the molecule is Cc1c(F)cccc1Nc1cc(C(N)=O)c(N)cn1. The number of nitrogens with two attached hydrogens (primary N) is 2. The summed E-state index contributed by atoms with van der Waals surface area (Å²) >= 11 is 0. The molecule has 1 amide bonds. The average Bonchev–Trinajstić information content (AvgIpc) is 2.37. The van der Waals surface area contributed by atoms with Crippen LogP contribution in [0.2, 0.25) is 0 Å². The quantitative estimate of drug-likeness (QED) is 0.786. The molecule has 5 nitrogen and oxygen atoms in total. The zero-order chi connectivity index (χ0) is 14.0. The Bertz CT molecular complexity index is 643. The highest BCUT2D eigenvalue weighted by atomic mass is 19.1. The van der Waals surface area contributed by atoms with E-state index >= 15 is 0 Å². The minimum Gasteiger partial charge on any atom is -0.397 e. The topological polar surface area (TPSA) is 94.0 Å². The van der Waals surface area contributed by atoms with Crippen molar-refractivity contribution in [2.75, 3.05) is 11.1 Å². The van der Waals surface area contributed by atoms with Crippen LogP contribution in [-0.4, -0.2) is 10.9 Å². The number of carbonyl (C=O) groups excluding carboxylic acids is 1. The lowest BCUT2D eigenvalue weighted by atomic mass is 10.1. The van der Waals surface area contributed by atoms with Crippen LogP contribution in [0.1, 0.15) is 15.9 Å². The second-order valence-corrected chi connectivity index (χ2v) is 4.06. The first kappa shape index (κ1) is 12.8. The predicted octanol–water partition coefficient (Wildman–Crippen LogP) is 1.95. The number of halogens is 1. The lowest BCUT2D eigenvalue weighted by molar-refractivity contribution is 0.100. The van der Waals surface area contributed by atoms with Crippen molar-refractivity contribution < 1.29 is 9.18 Å². The number of carbonyl (C=O) groups is 1. The molecule has 0 saturated heterocycles. The Hall–Kier alpha value is -2.63. The highest BCUT2D eigenvalue weighted by Gasteiger charge is 2.09. The maximum Gasteiger partial charge on any atom is 0.250 e. The zero-order valence-electron chi connectivity index (χ0n) is 10.3. The van der Waals surface area contributed by atoms with Gasteiger partial charge in [-0.2, -0.15) is 0 Å². The first-order valence-corrected chi connectivity index (χ1v) is 5.56. The van der Waals surface area contributed by atoms with Crippen molar-refractivity contribution in [3.05, 3.63) is 47.4 Å². The summed E-state index contributed by atoms with van der Waals surface area (Å²) in [4.78, 5) is 15.2. The van der Waals surface area contributed by atoms with E-state index in [2.05, 4.69) is 10.3 Å². The summed E-state index contributed by atoms with van der Waals surface area (Å²) in [6.45, 7) is 1.64. The molecule has 0 fully saturated rings. The standard InChI is InChI=1S/C13H13FN4O/c1-7-9(14)3-2-4-11(7)18-12-5-8(13(16)19)10(15)6-17-12/h2-6H,15H2,1H3,(H2,16,19)(H,17,18). The van der Waals surface area contributed by atoms with Crippen LogP contribution in [-0.2, 0) is 0 Å². The number of nitrogens with one attached hydrogen (secondary N) is 1. The van der Waals surface area contributed by atoms with Gasteiger partial charge in [-0.05, 0) is 25.1 Å².